The van der Waals surface area contributed by atoms with Crippen LogP contribution in [0.5, 0.6) is 0 Å². The fraction of sp³-hybridized carbons (Fsp3) is 0.167. The van der Waals surface area contributed by atoms with Gasteiger partial charge in [0.05, 0.1) is 12.0 Å². The topological polar surface area (TPSA) is 127 Å². The molecule has 0 bridgehead atoms. The Morgan fingerprint density at radius 1 is 1.21 bits per heavy atom. The van der Waals surface area contributed by atoms with Crippen molar-refractivity contribution in [1.82, 2.24) is 5.32 Å². The van der Waals surface area contributed by atoms with Gasteiger partial charge < -0.3 is 16.2 Å². The van der Waals surface area contributed by atoms with Crippen molar-refractivity contribution in [2.24, 2.45) is 5.73 Å². The summed E-state index contributed by atoms with van der Waals surface area (Å²) in [5, 5.41) is 11.3. The van der Waals surface area contributed by atoms with E-state index in [1.54, 1.807) is 6.07 Å². The average molecular weight is 262 g/mol. The van der Waals surface area contributed by atoms with E-state index in [-0.39, 0.29) is 11.1 Å². The first-order chi connectivity index (χ1) is 8.88. The van der Waals surface area contributed by atoms with E-state index >= 15 is 0 Å². The Morgan fingerprint density at radius 2 is 1.79 bits per heavy atom. The van der Waals surface area contributed by atoms with Gasteiger partial charge in [-0.3, -0.25) is 14.4 Å². The molecule has 0 aromatic heterocycles. The van der Waals surface area contributed by atoms with Gasteiger partial charge >= 0.3 is 5.97 Å². The number of nitrogens with one attached hydrogen (secondary N) is 1. The molecule has 1 aromatic carbocycles. The lowest BCUT2D eigenvalue weighted by Gasteiger charge is -2.32. The van der Waals surface area contributed by atoms with Gasteiger partial charge in [0.25, 0.3) is 5.91 Å². The Balaban J connectivity index is 2.61. The van der Waals surface area contributed by atoms with Crippen molar-refractivity contribution in [2.75, 3.05) is 0 Å². The number of benzene rings is 1. The number of ketones is 1. The van der Waals surface area contributed by atoms with Gasteiger partial charge in [-0.2, -0.15) is 0 Å². The summed E-state index contributed by atoms with van der Waals surface area (Å²) < 4.78 is 0. The number of carbonyl (C=O) groups excluding carboxylic acids is 3. The third-order valence-corrected chi connectivity index (χ3v) is 2.94. The van der Waals surface area contributed by atoms with Crippen molar-refractivity contribution in [3.05, 3.63) is 35.4 Å². The molecule has 7 heteroatoms. The molecule has 0 saturated heterocycles. The van der Waals surface area contributed by atoms with Crippen molar-refractivity contribution in [1.29, 1.82) is 0 Å². The van der Waals surface area contributed by atoms with E-state index in [1.165, 1.54) is 18.2 Å². The standard InChI is InChI=1S/C12H10N2O5/c13-8(15)5-12(11(18)19)9(16)6-3-1-2-4-7(6)10(17)14-12/h1-4H,5H2,(H2,13,15)(H,14,17)(H,18,19)/t12-/m1/s1. The van der Waals surface area contributed by atoms with Gasteiger partial charge in [-0.25, -0.2) is 4.79 Å². The van der Waals surface area contributed by atoms with E-state index in [0.717, 1.165) is 0 Å². The van der Waals surface area contributed by atoms with Crippen LogP contribution in [0.2, 0.25) is 0 Å². The molecule has 19 heavy (non-hydrogen) atoms. The molecule has 0 unspecified atom stereocenters. The van der Waals surface area contributed by atoms with Crippen LogP contribution in [0.3, 0.4) is 0 Å². The SMILES string of the molecule is NC(=O)C[C@@]1(C(=O)O)NC(=O)c2ccccc2C1=O. The number of carboxylic acids is 1. The second kappa shape index (κ2) is 4.20. The van der Waals surface area contributed by atoms with Crippen molar-refractivity contribution in [2.45, 2.75) is 12.0 Å². The lowest BCUT2D eigenvalue weighted by Crippen LogP contribution is -2.64. The molecule has 0 saturated carbocycles. The van der Waals surface area contributed by atoms with E-state index in [0.29, 0.717) is 0 Å². The van der Waals surface area contributed by atoms with E-state index in [2.05, 4.69) is 5.32 Å². The summed E-state index contributed by atoms with van der Waals surface area (Å²) in [5.74, 6) is -4.18. The highest BCUT2D eigenvalue weighted by molar-refractivity contribution is 6.26. The highest BCUT2D eigenvalue weighted by atomic mass is 16.4. The fourth-order valence-corrected chi connectivity index (χ4v) is 2.04. The van der Waals surface area contributed by atoms with Crippen LogP contribution in [0.1, 0.15) is 27.1 Å². The number of carbonyl (C=O) groups is 4. The van der Waals surface area contributed by atoms with Crippen molar-refractivity contribution < 1.29 is 24.3 Å². The predicted octanol–water partition coefficient (Wildman–Crippen LogP) is -0.688. The van der Waals surface area contributed by atoms with Gasteiger partial charge in [0.1, 0.15) is 0 Å². The number of primary amides is 1. The van der Waals surface area contributed by atoms with Crippen LogP contribution in [-0.4, -0.2) is 34.2 Å². The Bertz CT molecular complexity index is 610. The second-order valence-corrected chi connectivity index (χ2v) is 4.18. The van der Waals surface area contributed by atoms with E-state index in [9.17, 15) is 24.3 Å². The largest absolute Gasteiger partial charge is 0.479 e. The number of rotatable bonds is 3. The summed E-state index contributed by atoms with van der Waals surface area (Å²) in [6.45, 7) is 0. The van der Waals surface area contributed by atoms with Gasteiger partial charge in [0.2, 0.25) is 17.2 Å². The van der Waals surface area contributed by atoms with Crippen molar-refractivity contribution in [3.8, 4) is 0 Å². The number of fused-ring (bicyclic) bond motifs is 1. The molecule has 0 spiro atoms. The van der Waals surface area contributed by atoms with Gasteiger partial charge in [-0.1, -0.05) is 18.2 Å². The summed E-state index contributed by atoms with van der Waals surface area (Å²) in [7, 11) is 0. The zero-order valence-electron chi connectivity index (χ0n) is 9.67. The molecule has 1 heterocycles. The molecule has 0 radical (unpaired) electrons. The summed E-state index contributed by atoms with van der Waals surface area (Å²) in [6, 6.07) is 5.80. The van der Waals surface area contributed by atoms with E-state index in [4.69, 9.17) is 5.73 Å². The number of amides is 2. The van der Waals surface area contributed by atoms with Crippen LogP contribution in [0, 0.1) is 0 Å². The lowest BCUT2D eigenvalue weighted by molar-refractivity contribution is -0.144. The van der Waals surface area contributed by atoms with Crippen LogP contribution >= 0.6 is 0 Å². The third kappa shape index (κ3) is 1.85. The molecule has 2 amide bonds. The summed E-state index contributed by atoms with van der Waals surface area (Å²) in [6.07, 6.45) is -0.790. The van der Waals surface area contributed by atoms with Gasteiger partial charge in [-0.05, 0) is 6.07 Å². The van der Waals surface area contributed by atoms with Gasteiger partial charge in [0, 0.05) is 5.56 Å². The van der Waals surface area contributed by atoms with Crippen LogP contribution in [-0.2, 0) is 9.59 Å². The van der Waals surface area contributed by atoms with Gasteiger partial charge in [-0.15, -0.1) is 0 Å². The zero-order valence-corrected chi connectivity index (χ0v) is 9.67. The molecule has 1 atom stereocenters. The lowest BCUT2D eigenvalue weighted by atomic mass is 9.80. The number of aliphatic carboxylic acids is 1. The molecular weight excluding hydrogens is 252 g/mol. The van der Waals surface area contributed by atoms with Crippen molar-refractivity contribution >= 4 is 23.6 Å². The summed E-state index contributed by atoms with van der Waals surface area (Å²) in [5.41, 5.74) is 2.69. The maximum Gasteiger partial charge on any atom is 0.338 e. The Labute approximate surface area is 107 Å². The maximum absolute atomic E-state index is 12.3. The molecule has 0 aliphatic carbocycles. The molecule has 0 fully saturated rings. The molecule has 1 aromatic rings. The monoisotopic (exact) mass is 262 g/mol. The maximum atomic E-state index is 12.3. The molecule has 98 valence electrons. The molecule has 7 nitrogen and oxygen atoms in total. The molecular formula is C12H10N2O5. The number of hydrogen-bond acceptors (Lipinski definition) is 4. The Kier molecular flexibility index (Phi) is 2.82. The van der Waals surface area contributed by atoms with Crippen LogP contribution < -0.4 is 11.1 Å². The minimum Gasteiger partial charge on any atom is -0.479 e. The smallest absolute Gasteiger partial charge is 0.338 e. The average Bonchev–Trinajstić information content (AvgIpc) is 2.35. The minimum atomic E-state index is -2.32. The molecule has 4 N–H and O–H groups in total. The normalized spacial score (nSPS) is 21.5. The highest BCUT2D eigenvalue weighted by Gasteiger charge is 2.52. The fourth-order valence-electron chi connectivity index (χ4n) is 2.04. The van der Waals surface area contributed by atoms with Crippen molar-refractivity contribution in [3.63, 3.8) is 0 Å². The summed E-state index contributed by atoms with van der Waals surface area (Å²) >= 11 is 0. The Hall–Kier alpha value is -2.70. The number of nitrogens with two attached hydrogens (primary N) is 1. The number of hydrogen-bond donors (Lipinski definition) is 3. The second-order valence-electron chi connectivity index (χ2n) is 4.18. The first-order valence-corrected chi connectivity index (χ1v) is 5.36. The number of carboxylic acid groups (broad SMARTS) is 1. The highest BCUT2D eigenvalue weighted by Crippen LogP contribution is 2.26. The Morgan fingerprint density at radius 3 is 2.32 bits per heavy atom. The van der Waals surface area contributed by atoms with Gasteiger partial charge in [0.15, 0.2) is 0 Å². The first-order valence-electron chi connectivity index (χ1n) is 5.36. The predicted molar refractivity (Wildman–Crippen MR) is 62.4 cm³/mol. The quantitative estimate of drug-likeness (QED) is 0.621. The zero-order chi connectivity index (χ0) is 14.2. The van der Waals surface area contributed by atoms with Crippen LogP contribution in [0.25, 0.3) is 0 Å². The summed E-state index contributed by atoms with van der Waals surface area (Å²) in [4.78, 5) is 46.4. The molecule has 1 aliphatic heterocycles. The first kappa shape index (κ1) is 12.7. The molecule has 1 aliphatic rings. The van der Waals surface area contributed by atoms with Crippen LogP contribution in [0.4, 0.5) is 0 Å². The third-order valence-electron chi connectivity index (χ3n) is 2.94. The number of Topliss-reactive ketones (excluding diaryl/α,β-unsaturated/α-hetero) is 1. The molecule has 2 rings (SSSR count). The van der Waals surface area contributed by atoms with E-state index in [1.807, 2.05) is 0 Å². The minimum absolute atomic E-state index is 0.0325. The van der Waals surface area contributed by atoms with E-state index < -0.39 is 35.5 Å². The van der Waals surface area contributed by atoms with Crippen LogP contribution in [0.15, 0.2) is 24.3 Å².